The van der Waals surface area contributed by atoms with Crippen LogP contribution in [0, 0.1) is 11.8 Å². The van der Waals surface area contributed by atoms with Crippen LogP contribution in [-0.4, -0.2) is 74.1 Å². The van der Waals surface area contributed by atoms with Crippen molar-refractivity contribution in [3.63, 3.8) is 0 Å². The number of piperazine rings is 1. The second kappa shape index (κ2) is 9.26. The molecule has 2 aliphatic carbocycles. The molecule has 1 aliphatic heterocycles. The molecule has 0 aromatic carbocycles. The first-order chi connectivity index (χ1) is 12.6. The average molecular weight is 504 g/mol. The average Bonchev–Trinajstić information content (AvgIpc) is 3.39. The number of hydrogen-bond acceptors (Lipinski definition) is 5. The van der Waals surface area contributed by atoms with E-state index in [0.717, 1.165) is 54.3 Å². The number of rotatable bonds is 4. The Morgan fingerprint density at radius 1 is 1.26 bits per heavy atom. The van der Waals surface area contributed by atoms with Gasteiger partial charge in [-0.25, -0.2) is 4.98 Å². The number of hydrogen-bond donors (Lipinski definition) is 1. The topological polar surface area (TPSA) is 47.0 Å². The van der Waals surface area contributed by atoms with Crippen LogP contribution < -0.4 is 10.2 Å². The number of thiazole rings is 1. The molecule has 3 aliphatic rings. The smallest absolute Gasteiger partial charge is 0.194 e. The molecule has 3 atom stereocenters. The lowest BCUT2D eigenvalue weighted by Gasteiger charge is -2.41. The van der Waals surface area contributed by atoms with Crippen LogP contribution in [0.5, 0.6) is 0 Å². The van der Waals surface area contributed by atoms with Gasteiger partial charge < -0.3 is 15.1 Å². The molecule has 6 nitrogen and oxygen atoms in total. The van der Waals surface area contributed by atoms with Gasteiger partial charge in [-0.2, -0.15) is 0 Å². The highest BCUT2D eigenvalue weighted by Gasteiger charge is 2.42. The Morgan fingerprint density at radius 3 is 2.59 bits per heavy atom. The monoisotopic (exact) mass is 504 g/mol. The number of guanidine groups is 1. The Balaban J connectivity index is 0.00000210. The minimum Gasteiger partial charge on any atom is -0.354 e. The molecule has 2 bridgehead atoms. The molecule has 1 aromatic heterocycles. The Hall–Kier alpha value is -0.610. The second-order valence-electron chi connectivity index (χ2n) is 8.18. The summed E-state index contributed by atoms with van der Waals surface area (Å²) >= 11 is 1.69. The summed E-state index contributed by atoms with van der Waals surface area (Å²) in [6.45, 7) is 5.25. The lowest BCUT2D eigenvalue weighted by Crippen LogP contribution is -2.55. The summed E-state index contributed by atoms with van der Waals surface area (Å²) in [6, 6.07) is 0.866. The van der Waals surface area contributed by atoms with Gasteiger partial charge in [-0.3, -0.25) is 9.89 Å². The van der Waals surface area contributed by atoms with Crippen molar-refractivity contribution in [2.24, 2.45) is 16.8 Å². The van der Waals surface area contributed by atoms with E-state index in [4.69, 9.17) is 0 Å². The van der Waals surface area contributed by atoms with E-state index in [-0.39, 0.29) is 24.0 Å². The Bertz CT molecular complexity index is 640. The summed E-state index contributed by atoms with van der Waals surface area (Å²) in [6.07, 6.45) is 5.91. The Labute approximate surface area is 184 Å². The molecule has 2 saturated carbocycles. The van der Waals surface area contributed by atoms with Crippen molar-refractivity contribution in [2.75, 3.05) is 52.2 Å². The van der Waals surface area contributed by atoms with Gasteiger partial charge in [0.15, 0.2) is 11.1 Å². The van der Waals surface area contributed by atoms with E-state index < -0.39 is 0 Å². The van der Waals surface area contributed by atoms with Crippen LogP contribution in [0.15, 0.2) is 10.4 Å². The number of fused-ring (bicyclic) bond motifs is 2. The predicted octanol–water partition coefficient (Wildman–Crippen LogP) is 2.71. The zero-order chi connectivity index (χ0) is 18.1. The summed E-state index contributed by atoms with van der Waals surface area (Å²) in [5, 5.41) is 6.68. The zero-order valence-electron chi connectivity index (χ0n) is 16.7. The molecule has 0 spiro atoms. The van der Waals surface area contributed by atoms with Crippen LogP contribution in [0.3, 0.4) is 0 Å². The fourth-order valence-corrected chi connectivity index (χ4v) is 5.77. The molecule has 3 fully saturated rings. The highest BCUT2D eigenvalue weighted by atomic mass is 127. The van der Waals surface area contributed by atoms with Gasteiger partial charge in [-0.15, -0.1) is 35.3 Å². The normalized spacial score (nSPS) is 28.3. The van der Waals surface area contributed by atoms with Gasteiger partial charge in [-0.1, -0.05) is 6.42 Å². The van der Waals surface area contributed by atoms with Crippen molar-refractivity contribution in [3.8, 4) is 0 Å². The fraction of sp³-hybridized carbons (Fsp3) is 0.789. The maximum Gasteiger partial charge on any atom is 0.194 e. The molecule has 0 amide bonds. The van der Waals surface area contributed by atoms with Crippen LogP contribution in [-0.2, 0) is 6.54 Å². The predicted molar refractivity (Wildman–Crippen MR) is 124 cm³/mol. The Kier molecular flexibility index (Phi) is 7.24. The standard InChI is InChI=1S/C19H32N6S.HI/c1-20-18(21-12-16-13-26-19(22-16)23(2)3)25-8-6-24(7-9-25)17-11-14-4-5-15(17)10-14;/h13-15,17H,4-12H2,1-3H3,(H,20,21);1H. The van der Waals surface area contributed by atoms with Crippen molar-refractivity contribution in [1.29, 1.82) is 0 Å². The van der Waals surface area contributed by atoms with Crippen LogP contribution in [0.4, 0.5) is 5.13 Å². The third-order valence-electron chi connectivity index (χ3n) is 6.35. The van der Waals surface area contributed by atoms with Crippen molar-refractivity contribution >= 4 is 46.4 Å². The van der Waals surface area contributed by atoms with Crippen LogP contribution in [0.25, 0.3) is 0 Å². The summed E-state index contributed by atoms with van der Waals surface area (Å²) in [4.78, 5) is 16.4. The van der Waals surface area contributed by atoms with Crippen molar-refractivity contribution < 1.29 is 0 Å². The number of aromatic nitrogens is 1. The maximum atomic E-state index is 4.65. The SMILES string of the molecule is CN=C(NCc1csc(N(C)C)n1)N1CCN(C2CC3CCC2C3)CC1.I. The summed E-state index contributed by atoms with van der Waals surface area (Å²) < 4.78 is 0. The minimum atomic E-state index is 0. The number of nitrogens with zero attached hydrogens (tertiary/aromatic N) is 5. The molecule has 2 heterocycles. The number of nitrogens with one attached hydrogen (secondary N) is 1. The second-order valence-corrected chi connectivity index (χ2v) is 9.02. The van der Waals surface area contributed by atoms with E-state index in [0.29, 0.717) is 0 Å². The van der Waals surface area contributed by atoms with Crippen LogP contribution in [0.2, 0.25) is 0 Å². The maximum absolute atomic E-state index is 4.65. The largest absolute Gasteiger partial charge is 0.354 e. The summed E-state index contributed by atoms with van der Waals surface area (Å²) in [5.74, 6) is 3.03. The van der Waals surface area contributed by atoms with E-state index in [9.17, 15) is 0 Å². The first kappa shape index (κ1) is 21.1. The van der Waals surface area contributed by atoms with E-state index in [1.807, 2.05) is 21.1 Å². The van der Waals surface area contributed by atoms with Gasteiger partial charge >= 0.3 is 0 Å². The van der Waals surface area contributed by atoms with Crippen molar-refractivity contribution in [2.45, 2.75) is 38.3 Å². The van der Waals surface area contributed by atoms with Crippen molar-refractivity contribution in [1.82, 2.24) is 20.1 Å². The molecule has 152 valence electrons. The van der Waals surface area contributed by atoms with E-state index >= 15 is 0 Å². The van der Waals surface area contributed by atoms with Gasteiger partial charge in [0.05, 0.1) is 12.2 Å². The van der Waals surface area contributed by atoms with Gasteiger partial charge in [0.25, 0.3) is 0 Å². The highest BCUT2D eigenvalue weighted by Crippen LogP contribution is 2.46. The molecule has 1 saturated heterocycles. The first-order valence-corrected chi connectivity index (χ1v) is 10.8. The van der Waals surface area contributed by atoms with Crippen LogP contribution in [0.1, 0.15) is 31.4 Å². The van der Waals surface area contributed by atoms with Gasteiger partial charge in [0.1, 0.15) is 0 Å². The molecule has 1 aromatic rings. The summed E-state index contributed by atoms with van der Waals surface area (Å²) in [5.41, 5.74) is 1.08. The van der Waals surface area contributed by atoms with Crippen LogP contribution >= 0.6 is 35.3 Å². The lowest BCUT2D eigenvalue weighted by atomic mass is 9.93. The molecule has 0 radical (unpaired) electrons. The minimum absolute atomic E-state index is 0. The lowest BCUT2D eigenvalue weighted by molar-refractivity contribution is 0.0958. The van der Waals surface area contributed by atoms with E-state index in [1.54, 1.807) is 11.3 Å². The summed E-state index contributed by atoms with van der Waals surface area (Å²) in [7, 11) is 5.95. The molecule has 27 heavy (non-hydrogen) atoms. The van der Waals surface area contributed by atoms with E-state index in [2.05, 4.69) is 35.4 Å². The molecule has 1 N–H and O–H groups in total. The number of aliphatic imine (C=N–C) groups is 1. The number of anilines is 1. The van der Waals surface area contributed by atoms with Gasteiger partial charge in [-0.05, 0) is 31.1 Å². The third kappa shape index (κ3) is 4.70. The fourth-order valence-electron chi connectivity index (χ4n) is 5.01. The Morgan fingerprint density at radius 2 is 2.04 bits per heavy atom. The third-order valence-corrected chi connectivity index (χ3v) is 7.40. The van der Waals surface area contributed by atoms with Gasteiger partial charge in [0, 0.05) is 58.7 Å². The molecular weight excluding hydrogens is 471 g/mol. The molecule has 8 heteroatoms. The van der Waals surface area contributed by atoms with Gasteiger partial charge in [0.2, 0.25) is 0 Å². The zero-order valence-corrected chi connectivity index (χ0v) is 19.9. The highest BCUT2D eigenvalue weighted by molar-refractivity contribution is 14.0. The number of halogens is 1. The molecule has 3 unspecified atom stereocenters. The molecule has 4 rings (SSSR count). The van der Waals surface area contributed by atoms with Crippen molar-refractivity contribution in [3.05, 3.63) is 11.1 Å². The van der Waals surface area contributed by atoms with E-state index in [1.165, 1.54) is 38.8 Å². The quantitative estimate of drug-likeness (QED) is 0.388. The molecular formula is C19H33IN6S. The first-order valence-electron chi connectivity index (χ1n) is 9.95.